The number of hydrogen-bond acceptors (Lipinski definition) is 2. The molecule has 0 spiro atoms. The topological polar surface area (TPSA) is 56.0 Å². The first-order valence-corrected chi connectivity index (χ1v) is 4.39. The zero-order chi connectivity index (χ0) is 12.3. The molecule has 0 aliphatic rings. The van der Waals surface area contributed by atoms with E-state index >= 15 is 0 Å². The quantitative estimate of drug-likeness (QED) is 0.646. The highest BCUT2D eigenvalue weighted by molar-refractivity contribution is 6.29. The molecule has 3 nitrogen and oxygen atoms in total. The maximum atomic E-state index is 12.5. The van der Waals surface area contributed by atoms with E-state index < -0.39 is 17.6 Å². The summed E-state index contributed by atoms with van der Waals surface area (Å²) in [5, 5.41) is -0.0999. The third kappa shape index (κ3) is 3.23. The van der Waals surface area contributed by atoms with Gasteiger partial charge in [0.15, 0.2) is 0 Å². The molecule has 7 heteroatoms. The molecule has 0 radical (unpaired) electrons. The van der Waals surface area contributed by atoms with E-state index in [1.807, 2.05) is 0 Å². The van der Waals surface area contributed by atoms with Gasteiger partial charge in [0, 0.05) is 12.3 Å². The monoisotopic (exact) mass is 250 g/mol. The van der Waals surface area contributed by atoms with Crippen molar-refractivity contribution >= 4 is 23.6 Å². The lowest BCUT2D eigenvalue weighted by Gasteiger charge is -2.09. The average molecular weight is 251 g/mol. The Labute approximate surface area is 93.7 Å². The Kier molecular flexibility index (Phi) is 3.54. The lowest BCUT2D eigenvalue weighted by atomic mass is 10.1. The van der Waals surface area contributed by atoms with E-state index in [0.717, 1.165) is 18.2 Å². The van der Waals surface area contributed by atoms with Crippen LogP contribution in [0, 0.1) is 0 Å². The van der Waals surface area contributed by atoms with Gasteiger partial charge in [0.2, 0.25) is 5.91 Å². The molecule has 0 aliphatic heterocycles. The minimum absolute atomic E-state index is 0.0999. The lowest BCUT2D eigenvalue weighted by Crippen LogP contribution is -2.09. The molecule has 0 unspecified atom stereocenters. The van der Waals surface area contributed by atoms with E-state index in [9.17, 15) is 18.0 Å². The number of pyridine rings is 1. The predicted octanol–water partition coefficient (Wildman–Crippen LogP) is 2.25. The molecule has 0 aliphatic carbocycles. The van der Waals surface area contributed by atoms with E-state index in [1.165, 1.54) is 0 Å². The summed E-state index contributed by atoms with van der Waals surface area (Å²) in [6.45, 7) is 0. The molecule has 1 amide bonds. The molecule has 0 bridgehead atoms. The zero-order valence-corrected chi connectivity index (χ0v) is 8.51. The Balaban J connectivity index is 3.24. The second kappa shape index (κ2) is 4.52. The van der Waals surface area contributed by atoms with Gasteiger partial charge in [-0.25, -0.2) is 4.98 Å². The van der Waals surface area contributed by atoms with Crippen molar-refractivity contribution in [1.82, 2.24) is 4.98 Å². The molecule has 0 aromatic carbocycles. The van der Waals surface area contributed by atoms with Crippen LogP contribution in [0.3, 0.4) is 0 Å². The number of carbonyl (C=O) groups excluding carboxylic acids is 1. The van der Waals surface area contributed by atoms with Gasteiger partial charge in [-0.2, -0.15) is 13.2 Å². The molecular formula is C9H6ClF3N2O. The van der Waals surface area contributed by atoms with E-state index in [2.05, 4.69) is 4.98 Å². The smallest absolute Gasteiger partial charge is 0.366 e. The number of hydrogen-bond donors (Lipinski definition) is 1. The lowest BCUT2D eigenvalue weighted by molar-refractivity contribution is -0.138. The van der Waals surface area contributed by atoms with Crippen molar-refractivity contribution in [3.63, 3.8) is 0 Å². The second-order valence-corrected chi connectivity index (χ2v) is 3.21. The molecular weight excluding hydrogens is 245 g/mol. The van der Waals surface area contributed by atoms with Gasteiger partial charge >= 0.3 is 6.18 Å². The highest BCUT2D eigenvalue weighted by Gasteiger charge is 2.33. The minimum atomic E-state index is -4.56. The number of halogens is 4. The fourth-order valence-corrected chi connectivity index (χ4v) is 1.16. The van der Waals surface area contributed by atoms with Crippen LogP contribution < -0.4 is 5.73 Å². The van der Waals surface area contributed by atoms with Gasteiger partial charge in [0.1, 0.15) is 5.15 Å². The van der Waals surface area contributed by atoms with Crippen molar-refractivity contribution in [1.29, 1.82) is 0 Å². The van der Waals surface area contributed by atoms with Crippen LogP contribution >= 0.6 is 11.6 Å². The molecule has 1 heterocycles. The summed E-state index contributed by atoms with van der Waals surface area (Å²) in [7, 11) is 0. The summed E-state index contributed by atoms with van der Waals surface area (Å²) < 4.78 is 37.4. The van der Waals surface area contributed by atoms with Gasteiger partial charge in [0.05, 0.1) is 5.56 Å². The Morgan fingerprint density at radius 2 is 2.12 bits per heavy atom. The number of alkyl halides is 3. The van der Waals surface area contributed by atoms with Crippen LogP contribution in [0.2, 0.25) is 5.15 Å². The van der Waals surface area contributed by atoms with E-state index in [4.69, 9.17) is 17.3 Å². The number of nitrogens with two attached hydrogens (primary N) is 1. The molecule has 0 atom stereocenters. The van der Waals surface area contributed by atoms with Crippen molar-refractivity contribution in [3.05, 3.63) is 34.6 Å². The molecule has 0 saturated heterocycles. The predicted molar refractivity (Wildman–Crippen MR) is 52.5 cm³/mol. The Morgan fingerprint density at radius 3 is 2.62 bits per heavy atom. The van der Waals surface area contributed by atoms with Crippen LogP contribution in [0.5, 0.6) is 0 Å². The third-order valence-corrected chi connectivity index (χ3v) is 1.84. The molecule has 1 rings (SSSR count). The molecule has 1 aromatic rings. The first-order valence-electron chi connectivity index (χ1n) is 4.01. The second-order valence-electron chi connectivity index (χ2n) is 2.83. The summed E-state index contributed by atoms with van der Waals surface area (Å²) >= 11 is 5.45. The van der Waals surface area contributed by atoms with E-state index in [-0.39, 0.29) is 10.7 Å². The van der Waals surface area contributed by atoms with Crippen LogP contribution in [-0.4, -0.2) is 10.9 Å². The number of nitrogens with zero attached hydrogens (tertiary/aromatic N) is 1. The third-order valence-electron chi connectivity index (χ3n) is 1.64. The number of rotatable bonds is 2. The SMILES string of the molecule is NC(=O)C=Cc1cc(Cl)ncc1C(F)(F)F. The van der Waals surface area contributed by atoms with Crippen molar-refractivity contribution in [2.24, 2.45) is 5.73 Å². The van der Waals surface area contributed by atoms with Crippen LogP contribution in [-0.2, 0) is 11.0 Å². The minimum Gasteiger partial charge on any atom is -0.366 e. The number of amides is 1. The van der Waals surface area contributed by atoms with Gasteiger partial charge in [0.25, 0.3) is 0 Å². The summed E-state index contributed by atoms with van der Waals surface area (Å²) in [4.78, 5) is 13.8. The normalized spacial score (nSPS) is 12.0. The van der Waals surface area contributed by atoms with Crippen LogP contribution in [0.4, 0.5) is 13.2 Å². The molecule has 1 aromatic heterocycles. The van der Waals surface area contributed by atoms with Gasteiger partial charge in [-0.3, -0.25) is 4.79 Å². The Morgan fingerprint density at radius 1 is 1.50 bits per heavy atom. The molecule has 2 N–H and O–H groups in total. The molecule has 86 valence electrons. The molecule has 0 fully saturated rings. The first kappa shape index (κ1) is 12.5. The number of carbonyl (C=O) groups is 1. The number of primary amides is 1. The maximum absolute atomic E-state index is 12.5. The summed E-state index contributed by atoms with van der Waals surface area (Å²) in [6.07, 6.45) is -2.20. The standard InChI is InChI=1S/C9H6ClF3N2O/c10-7-3-5(1-2-8(14)16)6(4-15-7)9(11,12)13/h1-4H,(H2,14,16). The summed E-state index contributed by atoms with van der Waals surface area (Å²) in [6, 6.07) is 1.00. The van der Waals surface area contributed by atoms with Gasteiger partial charge in [-0.15, -0.1) is 0 Å². The van der Waals surface area contributed by atoms with Crippen LogP contribution in [0.15, 0.2) is 18.3 Å². The van der Waals surface area contributed by atoms with Gasteiger partial charge < -0.3 is 5.73 Å². The van der Waals surface area contributed by atoms with Crippen molar-refractivity contribution in [2.75, 3.05) is 0 Å². The van der Waals surface area contributed by atoms with Crippen LogP contribution in [0.25, 0.3) is 6.08 Å². The fraction of sp³-hybridized carbons (Fsp3) is 0.111. The highest BCUT2D eigenvalue weighted by Crippen LogP contribution is 2.32. The maximum Gasteiger partial charge on any atom is 0.418 e. The first-order chi connectivity index (χ1) is 7.30. The van der Waals surface area contributed by atoms with E-state index in [1.54, 1.807) is 0 Å². The van der Waals surface area contributed by atoms with Crippen molar-refractivity contribution in [2.45, 2.75) is 6.18 Å². The molecule has 16 heavy (non-hydrogen) atoms. The van der Waals surface area contributed by atoms with Crippen molar-refractivity contribution < 1.29 is 18.0 Å². The highest BCUT2D eigenvalue weighted by atomic mass is 35.5. The van der Waals surface area contributed by atoms with E-state index in [0.29, 0.717) is 6.20 Å². The fourth-order valence-electron chi connectivity index (χ4n) is 0.991. The zero-order valence-electron chi connectivity index (χ0n) is 7.75. The Hall–Kier alpha value is -1.56. The average Bonchev–Trinajstić information content (AvgIpc) is 2.12. The van der Waals surface area contributed by atoms with Crippen molar-refractivity contribution in [3.8, 4) is 0 Å². The largest absolute Gasteiger partial charge is 0.418 e. The molecule has 0 saturated carbocycles. The van der Waals surface area contributed by atoms with Crippen LogP contribution in [0.1, 0.15) is 11.1 Å². The summed E-state index contributed by atoms with van der Waals surface area (Å²) in [5.41, 5.74) is 3.55. The number of aromatic nitrogens is 1. The summed E-state index contributed by atoms with van der Waals surface area (Å²) in [5.74, 6) is -0.846. The van der Waals surface area contributed by atoms with Gasteiger partial charge in [-0.1, -0.05) is 11.6 Å². The van der Waals surface area contributed by atoms with Gasteiger partial charge in [-0.05, 0) is 17.7 Å². The Bertz CT molecular complexity index is 443.